The second-order valence-electron chi connectivity index (χ2n) is 15.1. The number of aliphatic carboxylic acids is 1. The number of alkyl carbamates (subject to hydrolysis) is 1. The Morgan fingerprint density at radius 2 is 1.88 bits per heavy atom. The Bertz CT molecular complexity index is 1650. The predicted molar refractivity (Wildman–Crippen MR) is 187 cm³/mol. The Morgan fingerprint density at radius 3 is 2.56 bits per heavy atom. The first-order valence-corrected chi connectivity index (χ1v) is 17.7. The van der Waals surface area contributed by atoms with Gasteiger partial charge in [-0.15, -0.1) is 0 Å². The fraction of sp³-hybridized carbons (Fsp3) is 0.605. The number of allylic oxidation sites excluding steroid dienone is 2. The largest absolute Gasteiger partial charge is 0.496 e. The molecule has 12 heteroatoms. The molecule has 5 atom stereocenters. The summed E-state index contributed by atoms with van der Waals surface area (Å²) in [7, 11) is 1.59. The van der Waals surface area contributed by atoms with Crippen LogP contribution < -0.4 is 19.5 Å². The van der Waals surface area contributed by atoms with Gasteiger partial charge in [-0.3, -0.25) is 14.4 Å². The fourth-order valence-corrected chi connectivity index (χ4v) is 7.08. The summed E-state index contributed by atoms with van der Waals surface area (Å²) in [6.07, 6.45) is 6.22. The molecule has 1 saturated heterocycles. The molecule has 3 aliphatic rings. The maximum atomic E-state index is 14.4. The van der Waals surface area contributed by atoms with Crippen molar-refractivity contribution in [1.82, 2.24) is 15.2 Å². The monoisotopic (exact) mass is 693 g/mol. The van der Waals surface area contributed by atoms with Crippen LogP contribution in [0, 0.1) is 18.3 Å². The van der Waals surface area contributed by atoms with Gasteiger partial charge in [-0.25, -0.2) is 9.78 Å². The fourth-order valence-electron chi connectivity index (χ4n) is 7.08. The summed E-state index contributed by atoms with van der Waals surface area (Å²) in [6.45, 7) is 11.0. The zero-order chi connectivity index (χ0) is 36.4. The van der Waals surface area contributed by atoms with Gasteiger partial charge in [0.1, 0.15) is 29.2 Å². The van der Waals surface area contributed by atoms with Gasteiger partial charge in [0, 0.05) is 29.9 Å². The van der Waals surface area contributed by atoms with Crippen LogP contribution in [-0.4, -0.2) is 82.3 Å². The first-order valence-electron chi connectivity index (χ1n) is 17.7. The van der Waals surface area contributed by atoms with E-state index in [0.29, 0.717) is 47.5 Å². The van der Waals surface area contributed by atoms with E-state index >= 15 is 0 Å². The summed E-state index contributed by atoms with van der Waals surface area (Å²) < 4.78 is 23.6. The van der Waals surface area contributed by atoms with Crippen molar-refractivity contribution in [2.45, 2.75) is 123 Å². The summed E-state index contributed by atoms with van der Waals surface area (Å²) in [4.78, 5) is 60.2. The molecule has 1 saturated carbocycles. The number of fused-ring (bicyclic) bond motifs is 3. The number of ether oxygens (including phenoxy) is 4. The van der Waals surface area contributed by atoms with Gasteiger partial charge in [0.05, 0.1) is 36.7 Å². The highest BCUT2D eigenvalue weighted by molar-refractivity contribution is 5.96. The lowest BCUT2D eigenvalue weighted by Gasteiger charge is -2.30. The molecule has 272 valence electrons. The lowest BCUT2D eigenvalue weighted by Crippen LogP contribution is -2.52. The normalized spacial score (nSPS) is 26.7. The van der Waals surface area contributed by atoms with E-state index in [9.17, 15) is 24.3 Å². The van der Waals surface area contributed by atoms with E-state index in [1.165, 1.54) is 4.90 Å². The van der Waals surface area contributed by atoms with Crippen LogP contribution in [0.3, 0.4) is 0 Å². The highest BCUT2D eigenvalue weighted by Crippen LogP contribution is 2.57. The maximum Gasteiger partial charge on any atom is 0.408 e. The molecule has 2 fully saturated rings. The Morgan fingerprint density at radius 1 is 1.12 bits per heavy atom. The molecule has 2 aromatic rings. The number of hydrogen-bond donors (Lipinski definition) is 2. The van der Waals surface area contributed by atoms with Crippen molar-refractivity contribution in [2.75, 3.05) is 13.7 Å². The molecule has 12 nitrogen and oxygen atoms in total. The van der Waals surface area contributed by atoms with E-state index in [4.69, 9.17) is 23.9 Å². The zero-order valence-corrected chi connectivity index (χ0v) is 30.2. The molecule has 1 aromatic carbocycles. The number of carboxylic acid groups (broad SMARTS) is 1. The second-order valence-corrected chi connectivity index (χ2v) is 15.1. The molecule has 2 aliphatic heterocycles. The van der Waals surface area contributed by atoms with Gasteiger partial charge in [0.2, 0.25) is 11.8 Å². The van der Waals surface area contributed by atoms with Gasteiger partial charge >= 0.3 is 12.1 Å². The van der Waals surface area contributed by atoms with E-state index in [2.05, 4.69) is 5.32 Å². The summed E-state index contributed by atoms with van der Waals surface area (Å²) in [5.74, 6) is -0.518. The average molecular weight is 694 g/mol. The molecule has 3 heterocycles. The number of aromatic nitrogens is 1. The predicted octanol–water partition coefficient (Wildman–Crippen LogP) is 6.15. The standard InChI is InChI=1S/C38H51N3O9/c1-22(2)48-32-18-31(26-15-16-30(47-7)23(3)33(26)40-32)49-25-17-28-29(42)20-38(35(44)45)19-24(38)13-11-9-8-10-12-14-27(34(43)41(28)21-25)39-36(46)50-37(4,5)6/h11,13,15-16,18,22,24-25,27-28H,8-10,12,14,17,19-21H2,1-7H3,(H,39,46)(H,44,45)/b13-11-/t24-,25-,27+,28+,38-/m1/s1. The van der Waals surface area contributed by atoms with Crippen LogP contribution in [0.1, 0.15) is 91.5 Å². The third-order valence-corrected chi connectivity index (χ3v) is 9.68. The van der Waals surface area contributed by atoms with E-state index in [0.717, 1.165) is 24.8 Å². The number of hydrogen-bond acceptors (Lipinski definition) is 9. The number of carbonyl (C=O) groups is 4. The average Bonchev–Trinajstić information content (AvgIpc) is 3.56. The van der Waals surface area contributed by atoms with E-state index < -0.39 is 47.2 Å². The number of amides is 2. The van der Waals surface area contributed by atoms with Crippen LogP contribution in [0.2, 0.25) is 0 Å². The van der Waals surface area contributed by atoms with E-state index in [1.807, 2.05) is 45.1 Å². The lowest BCUT2D eigenvalue weighted by atomic mass is 9.92. The number of pyridine rings is 1. The van der Waals surface area contributed by atoms with Crippen molar-refractivity contribution in [3.8, 4) is 17.4 Å². The van der Waals surface area contributed by atoms with Gasteiger partial charge < -0.3 is 34.3 Å². The number of rotatable bonds is 7. The Hall–Kier alpha value is -4.35. The smallest absolute Gasteiger partial charge is 0.408 e. The number of methoxy groups -OCH3 is 1. The van der Waals surface area contributed by atoms with Crippen molar-refractivity contribution >= 4 is 34.7 Å². The molecule has 1 aromatic heterocycles. The molecule has 0 radical (unpaired) electrons. The van der Waals surface area contributed by atoms with Crippen molar-refractivity contribution in [3.63, 3.8) is 0 Å². The van der Waals surface area contributed by atoms with Crippen molar-refractivity contribution in [2.24, 2.45) is 11.3 Å². The number of carboxylic acids is 1. The van der Waals surface area contributed by atoms with Crippen molar-refractivity contribution < 1.29 is 43.2 Å². The molecule has 0 spiro atoms. The first-order chi connectivity index (χ1) is 23.6. The van der Waals surface area contributed by atoms with Gasteiger partial charge in [-0.2, -0.15) is 0 Å². The maximum absolute atomic E-state index is 14.4. The minimum atomic E-state index is -1.20. The van der Waals surface area contributed by atoms with Gasteiger partial charge in [0.25, 0.3) is 0 Å². The molecule has 0 unspecified atom stereocenters. The number of nitrogens with zero attached hydrogens (tertiary/aromatic N) is 2. The molecule has 1 aliphatic carbocycles. The molecule has 50 heavy (non-hydrogen) atoms. The number of carbonyl (C=O) groups excluding carboxylic acids is 3. The summed E-state index contributed by atoms with van der Waals surface area (Å²) in [5.41, 5.74) is -0.535. The number of Topliss-reactive ketones (excluding diaryl/α,β-unsaturated/α-hetero) is 1. The number of benzene rings is 1. The lowest BCUT2D eigenvalue weighted by molar-refractivity contribution is -0.147. The van der Waals surface area contributed by atoms with Gasteiger partial charge in [-0.05, 0) is 85.3 Å². The van der Waals surface area contributed by atoms with Crippen LogP contribution in [0.5, 0.6) is 17.4 Å². The van der Waals surface area contributed by atoms with Crippen molar-refractivity contribution in [3.05, 3.63) is 35.9 Å². The molecule has 2 amide bonds. The van der Waals surface area contributed by atoms with E-state index in [-0.39, 0.29) is 37.2 Å². The van der Waals surface area contributed by atoms with Crippen LogP contribution in [-0.2, 0) is 19.1 Å². The second kappa shape index (κ2) is 14.9. The summed E-state index contributed by atoms with van der Waals surface area (Å²) >= 11 is 0. The number of aryl methyl sites for hydroxylation is 1. The minimum absolute atomic E-state index is 0.0600. The topological polar surface area (TPSA) is 154 Å². The van der Waals surface area contributed by atoms with Crippen LogP contribution in [0.15, 0.2) is 30.4 Å². The highest BCUT2D eigenvalue weighted by atomic mass is 16.6. The molecule has 0 bridgehead atoms. The number of ketones is 1. The molecular formula is C38H51N3O9. The summed E-state index contributed by atoms with van der Waals surface area (Å²) in [5, 5.41) is 13.7. The quantitative estimate of drug-likeness (QED) is 0.323. The first kappa shape index (κ1) is 36.9. The third kappa shape index (κ3) is 8.33. The van der Waals surface area contributed by atoms with Crippen molar-refractivity contribution in [1.29, 1.82) is 0 Å². The zero-order valence-electron chi connectivity index (χ0n) is 30.2. The van der Waals surface area contributed by atoms with Gasteiger partial charge in [-0.1, -0.05) is 25.0 Å². The summed E-state index contributed by atoms with van der Waals surface area (Å²) in [6, 6.07) is 3.51. The van der Waals surface area contributed by atoms with Crippen LogP contribution in [0.25, 0.3) is 10.9 Å². The van der Waals surface area contributed by atoms with E-state index in [1.54, 1.807) is 33.9 Å². The van der Waals surface area contributed by atoms with Crippen LogP contribution in [0.4, 0.5) is 4.79 Å². The minimum Gasteiger partial charge on any atom is -0.496 e. The van der Waals surface area contributed by atoms with Gasteiger partial charge in [0.15, 0.2) is 5.78 Å². The molecular weight excluding hydrogens is 642 g/mol. The SMILES string of the molecule is COc1ccc2c(O[C@@H]3C[C@H]4C(=O)C[C@]5(C(=O)O)C[C@H]5/C=C\CCCCC[C@H](NC(=O)OC(C)(C)C)C(=O)N4C3)cc(OC(C)C)nc2c1C. The Kier molecular flexibility index (Phi) is 11.0. The highest BCUT2D eigenvalue weighted by Gasteiger charge is 2.61. The third-order valence-electron chi connectivity index (χ3n) is 9.68. The molecule has 2 N–H and O–H groups in total. The number of nitrogens with one attached hydrogen (secondary N) is 1. The Labute approximate surface area is 293 Å². The van der Waals surface area contributed by atoms with Crippen LogP contribution >= 0.6 is 0 Å². The Balaban J connectivity index is 1.50. The molecule has 5 rings (SSSR count).